The minimum atomic E-state index is -4.99. The van der Waals surface area contributed by atoms with Crippen LogP contribution in [0.3, 0.4) is 0 Å². The lowest BCUT2D eigenvalue weighted by atomic mass is 10.1. The predicted molar refractivity (Wildman–Crippen MR) is 128 cm³/mol. The van der Waals surface area contributed by atoms with Gasteiger partial charge in [0.2, 0.25) is 0 Å². The van der Waals surface area contributed by atoms with Crippen LogP contribution in [0.15, 0.2) is 52.6 Å². The summed E-state index contributed by atoms with van der Waals surface area (Å²) >= 11 is 0. The van der Waals surface area contributed by atoms with Gasteiger partial charge >= 0.3 is 12.5 Å². The first-order valence-electron chi connectivity index (χ1n) is 11.6. The lowest BCUT2D eigenvalue weighted by Crippen LogP contribution is -2.30. The minimum Gasteiger partial charge on any atom is -0.402 e. The molecule has 0 fully saturated rings. The second-order valence-electron chi connectivity index (χ2n) is 8.85. The Labute approximate surface area is 223 Å². The van der Waals surface area contributed by atoms with Crippen molar-refractivity contribution >= 4 is 16.5 Å². The minimum absolute atomic E-state index is 0.145. The summed E-state index contributed by atoms with van der Waals surface area (Å²) in [5.74, 6) is -1.97. The molecule has 4 aromatic rings. The fourth-order valence-electron chi connectivity index (χ4n) is 4.05. The molecule has 2 atom stereocenters. The molecule has 0 amide bonds. The van der Waals surface area contributed by atoms with Crippen molar-refractivity contribution < 1.29 is 39.9 Å². The smallest absolute Gasteiger partial charge is 0.402 e. The van der Waals surface area contributed by atoms with Gasteiger partial charge in [0.1, 0.15) is 17.6 Å². The third kappa shape index (κ3) is 6.96. The van der Waals surface area contributed by atoms with Crippen molar-refractivity contribution in [2.24, 2.45) is 0 Å². The lowest BCUT2D eigenvalue weighted by Gasteiger charge is -2.20. The van der Waals surface area contributed by atoms with Gasteiger partial charge in [-0.1, -0.05) is 0 Å². The van der Waals surface area contributed by atoms with Gasteiger partial charge < -0.3 is 14.6 Å². The molecule has 0 spiro atoms. The predicted octanol–water partition coefficient (Wildman–Crippen LogP) is 4.83. The van der Waals surface area contributed by atoms with E-state index in [1.165, 1.54) is 25.3 Å². The summed E-state index contributed by atoms with van der Waals surface area (Å²) in [5, 5.41) is 7.48. The molecule has 0 aliphatic rings. The van der Waals surface area contributed by atoms with E-state index in [0.717, 1.165) is 16.8 Å². The summed E-state index contributed by atoms with van der Waals surface area (Å²) in [4.78, 5) is 31.8. The monoisotopic (exact) mass is 590 g/mol. The number of nitrogens with zero attached hydrogens (tertiary/aromatic N) is 4. The molecule has 0 radical (unpaired) electrons. The first kappa shape index (κ1) is 29.4. The molecule has 3 aromatic heterocycles. The van der Waals surface area contributed by atoms with Crippen LogP contribution in [-0.4, -0.2) is 43.3 Å². The molecule has 3 heterocycles. The quantitative estimate of drug-likeness (QED) is 0.283. The van der Waals surface area contributed by atoms with Gasteiger partial charge in [-0.15, -0.1) is 13.2 Å². The number of nitrogens with one attached hydrogen (secondary N) is 2. The van der Waals surface area contributed by atoms with Crippen molar-refractivity contribution in [3.05, 3.63) is 75.1 Å². The van der Waals surface area contributed by atoms with Crippen LogP contribution in [0.5, 0.6) is 5.75 Å². The SMILES string of the molecule is C[C@@H](C[C@H](F)Cn1ccc2cc(-c3ncc(OC(F)(F)F)cn3)c(F)cc2c1=O)Nc1cn[nH]c(=O)c1C(F)(F)F. The molecular weight excluding hydrogens is 572 g/mol. The van der Waals surface area contributed by atoms with Gasteiger partial charge in [-0.2, -0.15) is 18.3 Å². The molecule has 0 saturated heterocycles. The lowest BCUT2D eigenvalue weighted by molar-refractivity contribution is -0.274. The maximum Gasteiger partial charge on any atom is 0.573 e. The molecule has 2 N–H and O–H groups in total. The second-order valence-corrected chi connectivity index (χ2v) is 8.85. The number of H-pyrrole nitrogens is 1. The van der Waals surface area contributed by atoms with E-state index >= 15 is 0 Å². The largest absolute Gasteiger partial charge is 0.573 e. The van der Waals surface area contributed by atoms with Gasteiger partial charge in [-0.3, -0.25) is 9.59 Å². The van der Waals surface area contributed by atoms with Crippen molar-refractivity contribution in [2.45, 2.75) is 44.6 Å². The number of alkyl halides is 7. The van der Waals surface area contributed by atoms with E-state index in [0.29, 0.717) is 12.4 Å². The maximum atomic E-state index is 14.9. The van der Waals surface area contributed by atoms with E-state index in [1.54, 1.807) is 5.10 Å². The van der Waals surface area contributed by atoms with Crippen LogP contribution in [0.2, 0.25) is 0 Å². The van der Waals surface area contributed by atoms with Gasteiger partial charge in [0.05, 0.1) is 41.8 Å². The van der Waals surface area contributed by atoms with Crippen LogP contribution in [0, 0.1) is 5.82 Å². The van der Waals surface area contributed by atoms with Gasteiger partial charge in [-0.25, -0.2) is 23.8 Å². The van der Waals surface area contributed by atoms with Gasteiger partial charge in [0.25, 0.3) is 11.1 Å². The number of benzene rings is 1. The number of hydrogen-bond donors (Lipinski definition) is 2. The first-order valence-corrected chi connectivity index (χ1v) is 11.6. The highest BCUT2D eigenvalue weighted by atomic mass is 19.4. The first-order chi connectivity index (χ1) is 19.1. The maximum absolute atomic E-state index is 14.9. The number of halogens is 8. The van der Waals surface area contributed by atoms with E-state index in [4.69, 9.17) is 0 Å². The zero-order chi connectivity index (χ0) is 30.1. The molecule has 218 valence electrons. The number of pyridine rings is 1. The van der Waals surface area contributed by atoms with Crippen LogP contribution < -0.4 is 21.2 Å². The van der Waals surface area contributed by atoms with Crippen LogP contribution >= 0.6 is 0 Å². The standard InChI is InChI=1S/C24H18F8N6O3/c1-11(36-18-9-35-37-21(39)19(18)23(27,28)29)4-13(25)10-38-3-2-12-5-16(17(26)6-15(12)22(38)40)20-33-7-14(8-34-20)41-24(30,31)32/h2-3,5-9,11,13H,4,10H2,1H3,(H2,36,37,39)/t11-,13-/m0/s1. The number of hydrogen-bond acceptors (Lipinski definition) is 7. The zero-order valence-corrected chi connectivity index (χ0v) is 20.6. The van der Waals surface area contributed by atoms with E-state index in [2.05, 4.69) is 25.1 Å². The Hall–Kier alpha value is -4.57. The molecule has 4 rings (SSSR count). The normalized spacial score (nSPS) is 13.7. The van der Waals surface area contributed by atoms with E-state index < -0.39 is 65.2 Å². The molecule has 0 saturated carbocycles. The Morgan fingerprint density at radius 1 is 1.07 bits per heavy atom. The molecule has 17 heteroatoms. The van der Waals surface area contributed by atoms with Crippen LogP contribution in [0.1, 0.15) is 18.9 Å². The summed E-state index contributed by atoms with van der Waals surface area (Å²) in [6.07, 6.45) is -8.70. The number of ether oxygens (including phenoxy) is 1. The molecule has 0 aliphatic heterocycles. The molecule has 0 unspecified atom stereocenters. The van der Waals surface area contributed by atoms with Gasteiger partial charge in [-0.05, 0) is 30.5 Å². The molecule has 9 nitrogen and oxygen atoms in total. The van der Waals surface area contributed by atoms with Crippen molar-refractivity contribution in [3.8, 4) is 17.1 Å². The Morgan fingerprint density at radius 2 is 1.76 bits per heavy atom. The highest BCUT2D eigenvalue weighted by Crippen LogP contribution is 2.32. The van der Waals surface area contributed by atoms with Crippen molar-refractivity contribution in [1.82, 2.24) is 24.7 Å². The van der Waals surface area contributed by atoms with E-state index in [9.17, 15) is 44.7 Å². The highest BCUT2D eigenvalue weighted by Gasteiger charge is 2.37. The van der Waals surface area contributed by atoms with Crippen molar-refractivity contribution in [3.63, 3.8) is 0 Å². The number of rotatable bonds is 8. The molecule has 1 aromatic carbocycles. The Morgan fingerprint density at radius 3 is 2.39 bits per heavy atom. The molecule has 41 heavy (non-hydrogen) atoms. The number of aromatic nitrogens is 5. The summed E-state index contributed by atoms with van der Waals surface area (Å²) in [6, 6.07) is 2.50. The molecular formula is C24H18F8N6O3. The number of anilines is 1. The highest BCUT2D eigenvalue weighted by molar-refractivity contribution is 5.86. The van der Waals surface area contributed by atoms with Crippen LogP contribution in [0.4, 0.5) is 40.8 Å². The van der Waals surface area contributed by atoms with E-state index in [-0.39, 0.29) is 28.6 Å². The number of aromatic amines is 1. The summed E-state index contributed by atoms with van der Waals surface area (Å²) in [5.41, 5.74) is -4.61. The van der Waals surface area contributed by atoms with Crippen molar-refractivity contribution in [1.29, 1.82) is 0 Å². The summed E-state index contributed by atoms with van der Waals surface area (Å²) in [7, 11) is 0. The van der Waals surface area contributed by atoms with E-state index in [1.807, 2.05) is 0 Å². The third-order valence-electron chi connectivity index (χ3n) is 5.71. The van der Waals surface area contributed by atoms with Crippen molar-refractivity contribution in [2.75, 3.05) is 5.32 Å². The average molecular weight is 590 g/mol. The summed E-state index contributed by atoms with van der Waals surface area (Å²) < 4.78 is 111. The molecule has 0 aliphatic carbocycles. The van der Waals surface area contributed by atoms with Gasteiger partial charge in [0.15, 0.2) is 11.6 Å². The van der Waals surface area contributed by atoms with Crippen LogP contribution in [0.25, 0.3) is 22.2 Å². The fraction of sp³-hybridized carbons (Fsp3) is 0.292. The number of fused-ring (bicyclic) bond motifs is 1. The second kappa shape index (κ2) is 11.1. The fourth-order valence-corrected chi connectivity index (χ4v) is 4.05. The molecule has 0 bridgehead atoms. The topological polar surface area (TPSA) is 115 Å². The Bertz CT molecular complexity index is 1670. The van der Waals surface area contributed by atoms with Crippen LogP contribution in [-0.2, 0) is 12.7 Å². The Kier molecular flexibility index (Phi) is 7.98. The van der Waals surface area contributed by atoms with Gasteiger partial charge in [0, 0.05) is 18.7 Å². The average Bonchev–Trinajstić information content (AvgIpc) is 2.84. The zero-order valence-electron chi connectivity index (χ0n) is 20.6. The summed E-state index contributed by atoms with van der Waals surface area (Å²) in [6.45, 7) is 0.853. The Balaban J connectivity index is 1.50. The third-order valence-corrected chi connectivity index (χ3v) is 5.71.